The molecule has 0 heterocycles. The average Bonchev–Trinajstić information content (AvgIpc) is 3.12. The van der Waals surface area contributed by atoms with Crippen molar-refractivity contribution in [3.05, 3.63) is 45.0 Å². The van der Waals surface area contributed by atoms with E-state index in [1.54, 1.807) is 6.92 Å². The maximum absolute atomic E-state index is 13.2. The topological polar surface area (TPSA) is 74.6 Å². The largest absolute Gasteiger partial charge is 0.481 e. The predicted octanol–water partition coefficient (Wildman–Crippen LogP) is 6.73. The molecule has 4 nitrogen and oxygen atoms in total. The van der Waals surface area contributed by atoms with E-state index in [2.05, 4.69) is 0 Å². The first kappa shape index (κ1) is 24.5. The van der Waals surface area contributed by atoms with Crippen LogP contribution in [0.2, 0.25) is 10.0 Å². The van der Waals surface area contributed by atoms with E-state index in [0.29, 0.717) is 17.7 Å². The van der Waals surface area contributed by atoms with Gasteiger partial charge in [0.2, 0.25) is 0 Å². The summed E-state index contributed by atoms with van der Waals surface area (Å²) in [5.74, 6) is -2.81. The van der Waals surface area contributed by atoms with E-state index in [9.17, 15) is 33.0 Å². The van der Waals surface area contributed by atoms with Crippen molar-refractivity contribution in [2.24, 2.45) is 10.8 Å². The molecule has 11 heteroatoms. The summed E-state index contributed by atoms with van der Waals surface area (Å²) in [6.45, 7) is 3.10. The molecule has 0 spiro atoms. The minimum atomic E-state index is -4.76. The highest BCUT2D eigenvalue weighted by Gasteiger charge is 2.77. The summed E-state index contributed by atoms with van der Waals surface area (Å²) in [7, 11) is 0. The van der Waals surface area contributed by atoms with Crippen molar-refractivity contribution in [2.75, 3.05) is 0 Å². The molecule has 0 aromatic heterocycles. The van der Waals surface area contributed by atoms with Gasteiger partial charge in [0.1, 0.15) is 9.75 Å². The molecular weight excluding hydrogens is 503 g/mol. The summed E-state index contributed by atoms with van der Waals surface area (Å²) in [6, 6.07) is 1.17. The lowest BCUT2D eigenvalue weighted by atomic mass is 9.55. The van der Waals surface area contributed by atoms with Crippen LogP contribution in [0, 0.1) is 10.8 Å². The Labute approximate surface area is 195 Å². The second-order valence-electron chi connectivity index (χ2n) is 8.53. The van der Waals surface area contributed by atoms with Gasteiger partial charge in [-0.2, -0.15) is 13.2 Å². The van der Waals surface area contributed by atoms with E-state index in [0.717, 1.165) is 0 Å². The zero-order valence-electron chi connectivity index (χ0n) is 16.2. The number of carboxylic acid groups (broad SMARTS) is 2. The first-order chi connectivity index (χ1) is 13.9. The summed E-state index contributed by atoms with van der Waals surface area (Å²) < 4.78 is 38.1. The maximum atomic E-state index is 13.2. The number of hydrogen-bond donors (Lipinski definition) is 2. The van der Waals surface area contributed by atoms with E-state index in [1.165, 1.54) is 13.0 Å². The van der Waals surface area contributed by atoms with Crippen LogP contribution in [-0.2, 0) is 21.2 Å². The first-order valence-electron chi connectivity index (χ1n) is 9.03. The van der Waals surface area contributed by atoms with Crippen LogP contribution < -0.4 is 0 Å². The van der Waals surface area contributed by atoms with Gasteiger partial charge >= 0.3 is 18.1 Å². The monoisotopic (exact) mass is 518 g/mol. The lowest BCUT2D eigenvalue weighted by Crippen LogP contribution is -2.52. The molecule has 31 heavy (non-hydrogen) atoms. The van der Waals surface area contributed by atoms with Gasteiger partial charge in [-0.1, -0.05) is 41.8 Å². The van der Waals surface area contributed by atoms with Crippen LogP contribution >= 0.6 is 46.4 Å². The average molecular weight is 520 g/mol. The van der Waals surface area contributed by atoms with Gasteiger partial charge in [0.05, 0.1) is 11.0 Å². The van der Waals surface area contributed by atoms with Gasteiger partial charge in [-0.15, -0.1) is 23.2 Å². The van der Waals surface area contributed by atoms with Crippen LogP contribution in [0.4, 0.5) is 13.2 Å². The van der Waals surface area contributed by atoms with Gasteiger partial charge in [-0.3, -0.25) is 9.59 Å². The molecule has 0 amide bonds. The lowest BCUT2D eigenvalue weighted by Gasteiger charge is -2.46. The first-order valence-corrected chi connectivity index (χ1v) is 10.5. The van der Waals surface area contributed by atoms with Crippen molar-refractivity contribution in [3.63, 3.8) is 0 Å². The summed E-state index contributed by atoms with van der Waals surface area (Å²) >= 11 is 24.8. The quantitative estimate of drug-likeness (QED) is 0.341. The Morgan fingerprint density at radius 1 is 1.03 bits per heavy atom. The third-order valence-electron chi connectivity index (χ3n) is 6.57. The number of carboxylic acids is 2. The molecule has 1 aromatic rings. The van der Waals surface area contributed by atoms with E-state index in [1.807, 2.05) is 0 Å². The van der Waals surface area contributed by atoms with Crippen LogP contribution in [0.25, 0.3) is 0 Å². The van der Waals surface area contributed by atoms with E-state index in [4.69, 9.17) is 46.4 Å². The van der Waals surface area contributed by atoms with Crippen molar-refractivity contribution in [1.82, 2.24) is 0 Å². The van der Waals surface area contributed by atoms with Crippen molar-refractivity contribution >= 4 is 58.3 Å². The number of alkyl halides is 5. The normalized spacial score (nSPS) is 32.4. The minimum absolute atomic E-state index is 0.0368. The highest BCUT2D eigenvalue weighted by atomic mass is 35.5. The van der Waals surface area contributed by atoms with Crippen molar-refractivity contribution in [2.45, 2.75) is 49.0 Å². The third kappa shape index (κ3) is 3.52. The third-order valence-corrected chi connectivity index (χ3v) is 8.27. The van der Waals surface area contributed by atoms with Crippen molar-refractivity contribution in [3.8, 4) is 0 Å². The number of hydrogen-bond acceptors (Lipinski definition) is 2. The molecular formula is C20H17Cl4F3O4. The van der Waals surface area contributed by atoms with Crippen molar-refractivity contribution < 1.29 is 33.0 Å². The molecule has 2 aliphatic carbocycles. The Kier molecular flexibility index (Phi) is 5.67. The summed E-state index contributed by atoms with van der Waals surface area (Å²) in [6.07, 6.45) is -3.93. The fraction of sp³-hybridized carbons (Fsp3) is 0.500. The van der Waals surface area contributed by atoms with Crippen LogP contribution in [0.5, 0.6) is 0 Å². The van der Waals surface area contributed by atoms with Gasteiger partial charge in [-0.25, -0.2) is 0 Å². The van der Waals surface area contributed by atoms with Gasteiger partial charge in [0.25, 0.3) is 0 Å². The van der Waals surface area contributed by atoms with Gasteiger partial charge in [0.15, 0.2) is 0 Å². The molecule has 3 unspecified atom stereocenters. The second-order valence-corrected chi connectivity index (χ2v) is 10.8. The SMILES string of the molecule is CC1=CC(C(=O)O)(c2c(Cl)cc(C(F)(F)F)cc2Cl)CC(C(=O)O)(C2(C)CC2(Cl)Cl)C1. The zero-order chi connectivity index (χ0) is 23.8. The maximum Gasteiger partial charge on any atom is 0.416 e. The molecule has 0 saturated heterocycles. The molecule has 0 aliphatic heterocycles. The minimum Gasteiger partial charge on any atom is -0.481 e. The molecule has 1 saturated carbocycles. The fourth-order valence-corrected chi connectivity index (χ4v) is 6.52. The Hall–Kier alpha value is -1.15. The summed E-state index contributed by atoms with van der Waals surface area (Å²) in [4.78, 5) is 25.1. The van der Waals surface area contributed by atoms with E-state index >= 15 is 0 Å². The standard InChI is InChI=1S/C20H17Cl4F3O4/c1-9-5-17(14(28)29,13-11(21)3-10(4-12(13)22)20(25,26)27)8-18(6-9,15(30)31)16(2)7-19(16,23)24/h3-5H,6-8H2,1-2H3,(H,28,29)(H,30,31). The number of carbonyl (C=O) groups is 2. The summed E-state index contributed by atoms with van der Waals surface area (Å²) in [5.41, 5.74) is -6.07. The summed E-state index contributed by atoms with van der Waals surface area (Å²) in [5, 5.41) is 19.4. The zero-order valence-corrected chi connectivity index (χ0v) is 19.2. The Bertz CT molecular complexity index is 999. The van der Waals surface area contributed by atoms with Gasteiger partial charge in [-0.05, 0) is 38.3 Å². The predicted molar refractivity (Wildman–Crippen MR) is 111 cm³/mol. The Balaban J connectivity index is 2.30. The molecule has 0 bridgehead atoms. The molecule has 3 rings (SSSR count). The smallest absolute Gasteiger partial charge is 0.416 e. The number of allylic oxidation sites excluding steroid dienone is 1. The molecule has 2 aliphatic rings. The number of benzene rings is 1. The molecule has 1 aromatic carbocycles. The van der Waals surface area contributed by atoms with Crippen LogP contribution in [0.3, 0.4) is 0 Å². The van der Waals surface area contributed by atoms with Crippen LogP contribution in [0.1, 0.15) is 44.2 Å². The molecule has 170 valence electrons. The second kappa shape index (κ2) is 7.17. The number of halogens is 7. The molecule has 3 atom stereocenters. The number of aliphatic carboxylic acids is 2. The lowest BCUT2D eigenvalue weighted by molar-refractivity contribution is -0.158. The Morgan fingerprint density at radius 2 is 1.52 bits per heavy atom. The molecule has 2 N–H and O–H groups in total. The number of rotatable bonds is 4. The van der Waals surface area contributed by atoms with Crippen LogP contribution in [-0.4, -0.2) is 26.5 Å². The molecule has 1 fully saturated rings. The van der Waals surface area contributed by atoms with Crippen LogP contribution in [0.15, 0.2) is 23.8 Å². The fourth-order valence-electron chi connectivity index (χ4n) is 4.80. The molecule has 0 radical (unpaired) electrons. The van der Waals surface area contributed by atoms with E-state index in [-0.39, 0.29) is 18.4 Å². The highest BCUT2D eigenvalue weighted by Crippen LogP contribution is 2.75. The van der Waals surface area contributed by atoms with Crippen molar-refractivity contribution in [1.29, 1.82) is 0 Å². The Morgan fingerprint density at radius 3 is 1.87 bits per heavy atom. The highest BCUT2D eigenvalue weighted by molar-refractivity contribution is 6.51. The van der Waals surface area contributed by atoms with Gasteiger partial charge in [0, 0.05) is 21.0 Å². The van der Waals surface area contributed by atoms with Gasteiger partial charge < -0.3 is 10.2 Å². The van der Waals surface area contributed by atoms with E-state index < -0.39 is 60.7 Å².